The number of fused-ring (bicyclic) bond motifs is 5. The molecule has 118 valence electrons. The van der Waals surface area contributed by atoms with Gasteiger partial charge < -0.3 is 10.8 Å². The zero-order chi connectivity index (χ0) is 14.8. The van der Waals surface area contributed by atoms with Crippen LogP contribution in [-0.4, -0.2) is 17.3 Å². The minimum Gasteiger partial charge on any atom is -0.393 e. The predicted molar refractivity (Wildman–Crippen MR) is 85.6 cm³/mol. The Labute approximate surface area is 129 Å². The van der Waals surface area contributed by atoms with E-state index in [0.717, 1.165) is 30.1 Å². The van der Waals surface area contributed by atoms with Gasteiger partial charge in [-0.15, -0.1) is 0 Å². The maximum absolute atomic E-state index is 10.5. The molecule has 3 fully saturated rings. The van der Waals surface area contributed by atoms with Crippen LogP contribution in [0.5, 0.6) is 0 Å². The van der Waals surface area contributed by atoms with E-state index in [4.69, 9.17) is 5.73 Å². The van der Waals surface area contributed by atoms with Gasteiger partial charge in [-0.3, -0.25) is 0 Å². The third-order valence-corrected chi connectivity index (χ3v) is 8.17. The number of hydrogen-bond acceptors (Lipinski definition) is 2. The highest BCUT2D eigenvalue weighted by Crippen LogP contribution is 2.65. The van der Waals surface area contributed by atoms with Gasteiger partial charge in [0, 0.05) is 6.04 Å². The third-order valence-electron chi connectivity index (χ3n) is 8.17. The van der Waals surface area contributed by atoms with Crippen molar-refractivity contribution in [3.05, 3.63) is 12.2 Å². The first kappa shape index (κ1) is 14.3. The molecular formula is C19H31NO. The number of rotatable bonds is 0. The zero-order valence-electron chi connectivity index (χ0n) is 13.6. The van der Waals surface area contributed by atoms with E-state index in [0.29, 0.717) is 5.41 Å². The van der Waals surface area contributed by atoms with Crippen LogP contribution in [0.4, 0.5) is 0 Å². The monoisotopic (exact) mass is 289 g/mol. The number of hydrogen-bond donors (Lipinski definition) is 2. The van der Waals surface area contributed by atoms with Crippen LogP contribution >= 0.6 is 0 Å². The van der Waals surface area contributed by atoms with Gasteiger partial charge in [0.1, 0.15) is 0 Å². The SMILES string of the molecule is C[C@]12C=C[C@H](N)C[C@H]1CC[C@@H]1[C@@H]2CC[C@]2(C)[C@@H](O)CC[C@@H]12. The Kier molecular flexibility index (Phi) is 3.11. The van der Waals surface area contributed by atoms with Crippen LogP contribution < -0.4 is 5.73 Å². The van der Waals surface area contributed by atoms with Crippen LogP contribution in [0.2, 0.25) is 0 Å². The lowest BCUT2D eigenvalue weighted by atomic mass is 9.46. The van der Waals surface area contributed by atoms with Crippen molar-refractivity contribution in [2.75, 3.05) is 0 Å². The van der Waals surface area contributed by atoms with E-state index in [2.05, 4.69) is 26.0 Å². The minimum atomic E-state index is -0.0516. The fraction of sp³-hybridized carbons (Fsp3) is 0.895. The first-order valence-electron chi connectivity index (χ1n) is 9.08. The van der Waals surface area contributed by atoms with Crippen molar-refractivity contribution in [1.29, 1.82) is 0 Å². The summed E-state index contributed by atoms with van der Waals surface area (Å²) >= 11 is 0. The van der Waals surface area contributed by atoms with E-state index in [9.17, 15) is 5.11 Å². The lowest BCUT2D eigenvalue weighted by Gasteiger charge is -2.59. The minimum absolute atomic E-state index is 0.0516. The topological polar surface area (TPSA) is 46.2 Å². The highest BCUT2D eigenvalue weighted by molar-refractivity contribution is 5.17. The zero-order valence-corrected chi connectivity index (χ0v) is 13.6. The summed E-state index contributed by atoms with van der Waals surface area (Å²) < 4.78 is 0. The van der Waals surface area contributed by atoms with E-state index in [-0.39, 0.29) is 17.6 Å². The molecule has 0 aromatic rings. The largest absolute Gasteiger partial charge is 0.393 e. The summed E-state index contributed by atoms with van der Waals surface area (Å²) in [5.74, 6) is 3.20. The number of allylic oxidation sites excluding steroid dienone is 1. The van der Waals surface area contributed by atoms with Gasteiger partial charge >= 0.3 is 0 Å². The van der Waals surface area contributed by atoms with Crippen LogP contribution in [0.25, 0.3) is 0 Å². The van der Waals surface area contributed by atoms with Gasteiger partial charge in [0.25, 0.3) is 0 Å². The molecule has 0 saturated heterocycles. The smallest absolute Gasteiger partial charge is 0.0596 e. The molecule has 0 aliphatic heterocycles. The van der Waals surface area contributed by atoms with Gasteiger partial charge in [-0.1, -0.05) is 26.0 Å². The molecule has 2 nitrogen and oxygen atoms in total. The predicted octanol–water partition coefficient (Wildman–Crippen LogP) is 3.49. The van der Waals surface area contributed by atoms with Crippen molar-refractivity contribution in [3.8, 4) is 0 Å². The highest BCUT2D eigenvalue weighted by atomic mass is 16.3. The molecule has 0 amide bonds. The molecule has 0 unspecified atom stereocenters. The van der Waals surface area contributed by atoms with E-state index in [1.807, 2.05) is 0 Å². The average Bonchev–Trinajstić information content (AvgIpc) is 2.76. The van der Waals surface area contributed by atoms with Gasteiger partial charge in [-0.2, -0.15) is 0 Å². The van der Waals surface area contributed by atoms with E-state index >= 15 is 0 Å². The molecule has 0 bridgehead atoms. The van der Waals surface area contributed by atoms with Gasteiger partial charge in [-0.05, 0) is 79.4 Å². The Morgan fingerprint density at radius 2 is 1.86 bits per heavy atom. The first-order valence-corrected chi connectivity index (χ1v) is 9.08. The number of aliphatic hydroxyl groups excluding tert-OH is 1. The van der Waals surface area contributed by atoms with Crippen molar-refractivity contribution in [3.63, 3.8) is 0 Å². The van der Waals surface area contributed by atoms with Crippen molar-refractivity contribution < 1.29 is 5.11 Å². The molecule has 4 aliphatic rings. The van der Waals surface area contributed by atoms with Crippen molar-refractivity contribution in [1.82, 2.24) is 0 Å². The van der Waals surface area contributed by atoms with Crippen molar-refractivity contribution in [2.24, 2.45) is 40.2 Å². The maximum Gasteiger partial charge on any atom is 0.0596 e. The standard InChI is InChI=1S/C19H31NO/c1-18-9-7-13(20)11-12(18)3-4-14-15-5-6-17(21)19(15,2)10-8-16(14)18/h7,9,12-17,21H,3-6,8,10-11,20H2,1-2H3/t12-,13+,14+,15+,16+,17+,18+,19+/m1/s1. The Morgan fingerprint density at radius 1 is 1.05 bits per heavy atom. The van der Waals surface area contributed by atoms with Crippen LogP contribution in [0.3, 0.4) is 0 Å². The quantitative estimate of drug-likeness (QED) is 0.671. The van der Waals surface area contributed by atoms with Crippen LogP contribution in [-0.2, 0) is 0 Å². The lowest BCUT2D eigenvalue weighted by molar-refractivity contribution is -0.0951. The summed E-state index contributed by atoms with van der Waals surface area (Å²) in [6, 6.07) is 0.279. The van der Waals surface area contributed by atoms with E-state index in [1.54, 1.807) is 0 Å². The molecule has 8 atom stereocenters. The molecule has 21 heavy (non-hydrogen) atoms. The first-order chi connectivity index (χ1) is 9.95. The Morgan fingerprint density at radius 3 is 2.67 bits per heavy atom. The van der Waals surface area contributed by atoms with Gasteiger partial charge in [0.2, 0.25) is 0 Å². The summed E-state index contributed by atoms with van der Waals surface area (Å²) in [5.41, 5.74) is 6.75. The van der Waals surface area contributed by atoms with E-state index < -0.39 is 0 Å². The molecule has 3 N–H and O–H groups in total. The molecule has 0 aromatic carbocycles. The summed E-state index contributed by atoms with van der Waals surface area (Å²) in [6.45, 7) is 4.87. The van der Waals surface area contributed by atoms with Crippen LogP contribution in [0, 0.1) is 34.5 Å². The number of aliphatic hydroxyl groups is 1. The molecular weight excluding hydrogens is 258 g/mol. The third kappa shape index (κ3) is 1.84. The van der Waals surface area contributed by atoms with Crippen LogP contribution in [0.15, 0.2) is 12.2 Å². The van der Waals surface area contributed by atoms with Gasteiger partial charge in [-0.25, -0.2) is 0 Å². The van der Waals surface area contributed by atoms with Crippen molar-refractivity contribution >= 4 is 0 Å². The molecule has 3 saturated carbocycles. The summed E-state index contributed by atoms with van der Waals surface area (Å²) in [4.78, 5) is 0. The normalized spacial score (nSPS) is 59.2. The number of nitrogens with two attached hydrogens (primary N) is 1. The lowest BCUT2D eigenvalue weighted by Crippen LogP contribution is -2.53. The fourth-order valence-corrected chi connectivity index (χ4v) is 6.81. The Hall–Kier alpha value is -0.340. The van der Waals surface area contributed by atoms with E-state index in [1.165, 1.54) is 38.5 Å². The average molecular weight is 289 g/mol. The molecule has 0 radical (unpaired) electrons. The molecule has 2 heteroatoms. The van der Waals surface area contributed by atoms with Gasteiger partial charge in [0.15, 0.2) is 0 Å². The van der Waals surface area contributed by atoms with Crippen molar-refractivity contribution in [2.45, 2.75) is 70.9 Å². The molecule has 4 rings (SSSR count). The summed E-state index contributed by atoms with van der Waals surface area (Å²) in [7, 11) is 0. The second-order valence-corrected chi connectivity index (χ2v) is 8.91. The second kappa shape index (κ2) is 4.58. The highest BCUT2D eigenvalue weighted by Gasteiger charge is 2.59. The molecule has 4 aliphatic carbocycles. The second-order valence-electron chi connectivity index (χ2n) is 8.91. The molecule has 0 aromatic heterocycles. The van der Waals surface area contributed by atoms with Crippen LogP contribution in [0.1, 0.15) is 58.8 Å². The summed E-state index contributed by atoms with van der Waals surface area (Å²) in [5, 5.41) is 10.5. The fourth-order valence-electron chi connectivity index (χ4n) is 6.81. The molecule has 0 heterocycles. The maximum atomic E-state index is 10.5. The van der Waals surface area contributed by atoms with Gasteiger partial charge in [0.05, 0.1) is 6.10 Å². The molecule has 0 spiro atoms. The summed E-state index contributed by atoms with van der Waals surface area (Å²) in [6.07, 6.45) is 13.4. The Bertz CT molecular complexity index is 460. The Balaban J connectivity index is 1.67.